The maximum absolute atomic E-state index is 14.1. The van der Waals surface area contributed by atoms with E-state index in [1.807, 2.05) is 20.8 Å². The molecule has 39 heavy (non-hydrogen) atoms. The van der Waals surface area contributed by atoms with Gasteiger partial charge in [-0.3, -0.25) is 4.90 Å². The Kier molecular flexibility index (Phi) is 9.86. The summed E-state index contributed by atoms with van der Waals surface area (Å²) >= 11 is 0. The number of rotatable bonds is 9. The van der Waals surface area contributed by atoms with Crippen molar-refractivity contribution in [2.75, 3.05) is 13.2 Å². The summed E-state index contributed by atoms with van der Waals surface area (Å²) in [5.41, 5.74) is 0.218. The molecule has 0 spiro atoms. The lowest BCUT2D eigenvalue weighted by Gasteiger charge is -2.40. The fourth-order valence-electron chi connectivity index (χ4n) is 4.98. The van der Waals surface area contributed by atoms with Crippen molar-refractivity contribution in [2.45, 2.75) is 91.6 Å². The van der Waals surface area contributed by atoms with E-state index in [9.17, 15) is 13.6 Å². The number of aryl methyl sites for hydroxylation is 2. The zero-order valence-electron chi connectivity index (χ0n) is 24.7. The number of carbonyl (C=O) groups is 1. The fourth-order valence-corrected chi connectivity index (χ4v) is 6.04. The SMILES string of the molecule is C[Si](C)O[C@@]1(CCOc2ccc(F)cc2CCc2ccc(F)cc2)C[C@H](C(C)(C)C)CN1C(=O)OC(C)(C)C. The second kappa shape index (κ2) is 12.4. The van der Waals surface area contributed by atoms with Crippen molar-refractivity contribution >= 4 is 15.1 Å². The molecular weight excluding hydrogens is 516 g/mol. The van der Waals surface area contributed by atoms with Crippen molar-refractivity contribution in [3.05, 3.63) is 65.2 Å². The Bertz CT molecular complexity index is 1110. The van der Waals surface area contributed by atoms with Gasteiger partial charge in [0.1, 0.15) is 28.7 Å². The first-order valence-corrected chi connectivity index (χ1v) is 16.1. The molecule has 3 rings (SSSR count). The summed E-state index contributed by atoms with van der Waals surface area (Å²) in [5.74, 6) is 0.208. The van der Waals surface area contributed by atoms with Gasteiger partial charge < -0.3 is 13.9 Å². The van der Waals surface area contributed by atoms with Crippen LogP contribution in [-0.4, -0.2) is 44.5 Å². The highest BCUT2D eigenvalue weighted by Crippen LogP contribution is 2.45. The molecule has 5 nitrogen and oxygen atoms in total. The van der Waals surface area contributed by atoms with Crippen LogP contribution in [0.15, 0.2) is 42.5 Å². The van der Waals surface area contributed by atoms with Crippen molar-refractivity contribution in [3.8, 4) is 5.75 Å². The third-order valence-corrected chi connectivity index (χ3v) is 7.85. The summed E-state index contributed by atoms with van der Waals surface area (Å²) in [6.07, 6.45) is 1.95. The molecule has 1 aliphatic heterocycles. The third-order valence-electron chi connectivity index (χ3n) is 7.06. The van der Waals surface area contributed by atoms with E-state index >= 15 is 0 Å². The molecule has 0 aromatic heterocycles. The van der Waals surface area contributed by atoms with Gasteiger partial charge in [0.15, 0.2) is 0 Å². The van der Waals surface area contributed by atoms with E-state index in [-0.39, 0.29) is 29.1 Å². The number of hydrogen-bond donors (Lipinski definition) is 0. The van der Waals surface area contributed by atoms with Crippen LogP contribution in [0.25, 0.3) is 0 Å². The van der Waals surface area contributed by atoms with Gasteiger partial charge in [-0.1, -0.05) is 32.9 Å². The van der Waals surface area contributed by atoms with E-state index in [2.05, 4.69) is 33.9 Å². The molecule has 0 N–H and O–H groups in total. The number of halogens is 2. The first kappa shape index (κ1) is 31.1. The number of amides is 1. The molecule has 2 aromatic rings. The average Bonchev–Trinajstić information content (AvgIpc) is 3.18. The lowest BCUT2D eigenvalue weighted by Crippen LogP contribution is -2.53. The molecule has 0 aliphatic carbocycles. The largest absolute Gasteiger partial charge is 0.493 e. The summed E-state index contributed by atoms with van der Waals surface area (Å²) in [5, 5.41) is 0. The van der Waals surface area contributed by atoms with Crippen LogP contribution < -0.4 is 4.74 Å². The molecule has 215 valence electrons. The van der Waals surface area contributed by atoms with Crippen LogP contribution in [0.3, 0.4) is 0 Å². The highest BCUT2D eigenvalue weighted by molar-refractivity contribution is 6.48. The lowest BCUT2D eigenvalue weighted by atomic mass is 9.78. The summed E-state index contributed by atoms with van der Waals surface area (Å²) in [4.78, 5) is 15.2. The molecule has 8 heteroatoms. The van der Waals surface area contributed by atoms with E-state index in [1.54, 1.807) is 23.1 Å². The van der Waals surface area contributed by atoms with Crippen LogP contribution in [-0.2, 0) is 22.0 Å². The van der Waals surface area contributed by atoms with Crippen LogP contribution in [0.2, 0.25) is 13.1 Å². The van der Waals surface area contributed by atoms with Crippen LogP contribution >= 0.6 is 0 Å². The third kappa shape index (κ3) is 8.77. The quantitative estimate of drug-likeness (QED) is 0.294. The van der Waals surface area contributed by atoms with Crippen molar-refractivity contribution in [3.63, 3.8) is 0 Å². The van der Waals surface area contributed by atoms with Gasteiger partial charge in [-0.2, -0.15) is 0 Å². The maximum Gasteiger partial charge on any atom is 0.412 e. The van der Waals surface area contributed by atoms with E-state index in [4.69, 9.17) is 13.9 Å². The predicted molar refractivity (Wildman–Crippen MR) is 152 cm³/mol. The molecule has 1 fully saturated rings. The van der Waals surface area contributed by atoms with Gasteiger partial charge in [0.05, 0.1) is 6.61 Å². The van der Waals surface area contributed by atoms with Crippen LogP contribution in [0, 0.1) is 23.0 Å². The zero-order chi connectivity index (χ0) is 29.0. The number of likely N-dealkylation sites (tertiary alicyclic amines) is 1. The number of ether oxygens (including phenoxy) is 2. The minimum absolute atomic E-state index is 0.0227. The van der Waals surface area contributed by atoms with Gasteiger partial charge >= 0.3 is 6.09 Å². The molecule has 1 heterocycles. The van der Waals surface area contributed by atoms with E-state index < -0.39 is 20.4 Å². The smallest absolute Gasteiger partial charge is 0.412 e. The Morgan fingerprint density at radius 1 is 1.00 bits per heavy atom. The molecule has 0 saturated carbocycles. The number of hydrogen-bond acceptors (Lipinski definition) is 4. The predicted octanol–water partition coefficient (Wildman–Crippen LogP) is 7.79. The second-order valence-electron chi connectivity index (χ2n) is 12.8. The van der Waals surface area contributed by atoms with E-state index in [1.165, 1.54) is 24.3 Å². The molecule has 0 bridgehead atoms. The normalized spacial score (nSPS) is 20.0. The highest BCUT2D eigenvalue weighted by atomic mass is 28.3. The van der Waals surface area contributed by atoms with Gasteiger partial charge in [0.25, 0.3) is 0 Å². The van der Waals surface area contributed by atoms with Crippen molar-refractivity contribution < 1.29 is 27.5 Å². The molecule has 1 radical (unpaired) electrons. The number of nitrogens with zero attached hydrogens (tertiary/aromatic N) is 1. The zero-order valence-corrected chi connectivity index (χ0v) is 25.7. The van der Waals surface area contributed by atoms with Gasteiger partial charge in [0, 0.05) is 13.0 Å². The Balaban J connectivity index is 1.81. The monoisotopic (exact) mass is 560 g/mol. The summed E-state index contributed by atoms with van der Waals surface area (Å²) in [6.45, 7) is 17.1. The molecular formula is C31H44F2NO4Si. The standard InChI is InChI=1S/C31H44F2NO4Si/c1-29(2,3)24-20-31(38-39(7)8,34(21-24)28(35)37-30(4,5)6)17-18-36-27-16-15-26(33)19-23(27)12-9-22-10-13-25(32)14-11-22/h10-11,13-16,19,24H,9,12,17-18,20-21H2,1-8H3/t24-,31-/m0/s1. The van der Waals surface area contributed by atoms with Gasteiger partial charge in [-0.25, -0.2) is 13.6 Å². The van der Waals surface area contributed by atoms with Gasteiger partial charge in [-0.15, -0.1) is 0 Å². The molecule has 1 amide bonds. The summed E-state index contributed by atoms with van der Waals surface area (Å²) in [7, 11) is -1.18. The lowest BCUT2D eigenvalue weighted by molar-refractivity contribution is -0.0779. The topological polar surface area (TPSA) is 48.0 Å². The molecule has 2 atom stereocenters. The Hall–Kier alpha value is -2.45. The van der Waals surface area contributed by atoms with E-state index in [0.717, 1.165) is 11.1 Å². The fraction of sp³-hybridized carbons (Fsp3) is 0.581. The summed E-state index contributed by atoms with van der Waals surface area (Å²) in [6, 6.07) is 10.9. The number of carbonyl (C=O) groups excluding carboxylic acids is 1. The minimum Gasteiger partial charge on any atom is -0.493 e. The Morgan fingerprint density at radius 3 is 2.23 bits per heavy atom. The Morgan fingerprint density at radius 2 is 1.64 bits per heavy atom. The first-order chi connectivity index (χ1) is 18.1. The molecule has 1 saturated heterocycles. The van der Waals surface area contributed by atoms with Gasteiger partial charge in [-0.05, 0) is 106 Å². The maximum atomic E-state index is 14.1. The average molecular weight is 561 g/mol. The van der Waals surface area contributed by atoms with E-state index in [0.29, 0.717) is 44.6 Å². The van der Waals surface area contributed by atoms with Crippen molar-refractivity contribution in [2.24, 2.45) is 11.3 Å². The summed E-state index contributed by atoms with van der Waals surface area (Å²) < 4.78 is 46.1. The molecule has 0 unspecified atom stereocenters. The molecule has 2 aromatic carbocycles. The minimum atomic E-state index is -1.18. The molecule has 1 aliphatic rings. The Labute approximate surface area is 234 Å². The van der Waals surface area contributed by atoms with Crippen LogP contribution in [0.5, 0.6) is 5.75 Å². The van der Waals surface area contributed by atoms with Crippen molar-refractivity contribution in [1.29, 1.82) is 0 Å². The van der Waals surface area contributed by atoms with Crippen molar-refractivity contribution in [1.82, 2.24) is 4.90 Å². The second-order valence-corrected chi connectivity index (χ2v) is 14.8. The first-order valence-electron chi connectivity index (χ1n) is 13.7. The van der Waals surface area contributed by atoms with Crippen LogP contribution in [0.4, 0.5) is 13.6 Å². The highest BCUT2D eigenvalue weighted by Gasteiger charge is 2.53. The van der Waals surface area contributed by atoms with Crippen LogP contribution in [0.1, 0.15) is 65.5 Å². The van der Waals surface area contributed by atoms with Gasteiger partial charge in [0.2, 0.25) is 9.04 Å². The number of benzene rings is 2.